The second-order valence-electron chi connectivity index (χ2n) is 9.12. The standard InChI is InChI=1S/C26H25N5O5/c1-4-36-25(35)31-21(19-13-27-26(2,3)20(19)29-31)28-22(32)16-10-6-5-9-15(16)14-30-23(33)17-11-7-8-12-18(17)24(30)34/h5-12,27H,4,13-14H2,1-3H3,(H,28,32). The number of ether oxygens (including phenoxy) is 1. The van der Waals surface area contributed by atoms with Crippen LogP contribution in [0.15, 0.2) is 48.5 Å². The molecule has 3 amide bonds. The van der Waals surface area contributed by atoms with Crippen molar-refractivity contribution in [3.05, 3.63) is 82.0 Å². The van der Waals surface area contributed by atoms with Crippen LogP contribution in [0.2, 0.25) is 0 Å². The molecule has 36 heavy (non-hydrogen) atoms. The summed E-state index contributed by atoms with van der Waals surface area (Å²) in [7, 11) is 0. The molecule has 0 aliphatic carbocycles. The van der Waals surface area contributed by atoms with Gasteiger partial charge in [-0.25, -0.2) is 4.79 Å². The minimum Gasteiger partial charge on any atom is -0.448 e. The number of carbonyl (C=O) groups excluding carboxylic acids is 4. The summed E-state index contributed by atoms with van der Waals surface area (Å²) < 4.78 is 6.21. The van der Waals surface area contributed by atoms with E-state index in [9.17, 15) is 19.2 Å². The van der Waals surface area contributed by atoms with Crippen molar-refractivity contribution in [1.29, 1.82) is 0 Å². The van der Waals surface area contributed by atoms with Crippen LogP contribution in [-0.4, -0.2) is 45.1 Å². The topological polar surface area (TPSA) is 123 Å². The van der Waals surface area contributed by atoms with Crippen LogP contribution in [0.4, 0.5) is 10.6 Å². The van der Waals surface area contributed by atoms with Gasteiger partial charge in [0, 0.05) is 17.7 Å². The van der Waals surface area contributed by atoms with Gasteiger partial charge in [-0.2, -0.15) is 5.10 Å². The molecular formula is C26H25N5O5. The summed E-state index contributed by atoms with van der Waals surface area (Å²) in [6, 6.07) is 13.4. The van der Waals surface area contributed by atoms with Gasteiger partial charge >= 0.3 is 6.09 Å². The molecule has 0 spiro atoms. The Hall–Kier alpha value is -4.31. The Labute approximate surface area is 207 Å². The second-order valence-corrected chi connectivity index (χ2v) is 9.12. The van der Waals surface area contributed by atoms with Crippen molar-refractivity contribution in [3.63, 3.8) is 0 Å². The number of imide groups is 1. The zero-order chi connectivity index (χ0) is 25.6. The Bertz CT molecular complexity index is 1390. The zero-order valence-electron chi connectivity index (χ0n) is 20.1. The van der Waals surface area contributed by atoms with E-state index in [1.54, 1.807) is 55.5 Å². The molecule has 2 aliphatic heterocycles. The fourth-order valence-electron chi connectivity index (χ4n) is 4.57. The molecule has 2 aromatic carbocycles. The number of aromatic nitrogens is 2. The van der Waals surface area contributed by atoms with Crippen molar-refractivity contribution in [2.24, 2.45) is 0 Å². The van der Waals surface area contributed by atoms with Crippen molar-refractivity contribution in [3.8, 4) is 0 Å². The highest BCUT2D eigenvalue weighted by atomic mass is 16.6. The van der Waals surface area contributed by atoms with Crippen molar-refractivity contribution in [1.82, 2.24) is 20.0 Å². The average molecular weight is 488 g/mol. The van der Waals surface area contributed by atoms with E-state index in [2.05, 4.69) is 15.7 Å². The molecule has 1 aromatic heterocycles. The van der Waals surface area contributed by atoms with Gasteiger partial charge in [0.25, 0.3) is 17.7 Å². The Kier molecular flexibility index (Phi) is 5.68. The summed E-state index contributed by atoms with van der Waals surface area (Å²) in [6.07, 6.45) is -0.697. The summed E-state index contributed by atoms with van der Waals surface area (Å²) >= 11 is 0. The third-order valence-electron chi connectivity index (χ3n) is 6.42. The molecule has 2 aliphatic rings. The van der Waals surface area contributed by atoms with Crippen LogP contribution in [-0.2, 0) is 23.4 Å². The van der Waals surface area contributed by atoms with Gasteiger partial charge in [0.1, 0.15) is 5.82 Å². The Morgan fingerprint density at radius 1 is 1.06 bits per heavy atom. The molecule has 0 radical (unpaired) electrons. The number of nitrogens with zero attached hydrogens (tertiary/aromatic N) is 3. The molecule has 0 atom stereocenters. The van der Waals surface area contributed by atoms with Crippen LogP contribution >= 0.6 is 0 Å². The SMILES string of the molecule is CCOC(=O)n1nc2c(c1NC(=O)c1ccccc1CN1C(=O)c3ccccc3C1=O)CNC2(C)C. The maximum absolute atomic E-state index is 13.5. The summed E-state index contributed by atoms with van der Waals surface area (Å²) in [5.74, 6) is -1.09. The molecular weight excluding hydrogens is 462 g/mol. The molecule has 0 saturated carbocycles. The zero-order valence-corrected chi connectivity index (χ0v) is 20.1. The average Bonchev–Trinajstić information content (AvgIpc) is 3.46. The minimum atomic E-state index is -0.697. The molecule has 0 unspecified atom stereocenters. The number of benzene rings is 2. The van der Waals surface area contributed by atoms with Crippen LogP contribution in [0, 0.1) is 0 Å². The summed E-state index contributed by atoms with van der Waals surface area (Å²) in [5.41, 5.74) is 2.29. The van der Waals surface area contributed by atoms with E-state index >= 15 is 0 Å². The first-order chi connectivity index (χ1) is 17.2. The molecule has 10 heteroatoms. The second kappa shape index (κ2) is 8.72. The number of nitrogens with one attached hydrogen (secondary N) is 2. The van der Waals surface area contributed by atoms with Gasteiger partial charge in [-0.15, -0.1) is 4.68 Å². The van der Waals surface area contributed by atoms with E-state index in [0.717, 1.165) is 9.58 Å². The van der Waals surface area contributed by atoms with E-state index in [1.165, 1.54) is 0 Å². The fraction of sp³-hybridized carbons (Fsp3) is 0.269. The predicted octanol–water partition coefficient (Wildman–Crippen LogP) is 3.27. The number of amides is 3. The molecule has 2 N–H and O–H groups in total. The van der Waals surface area contributed by atoms with E-state index in [4.69, 9.17) is 4.74 Å². The fourth-order valence-corrected chi connectivity index (χ4v) is 4.57. The van der Waals surface area contributed by atoms with Crippen molar-refractivity contribution >= 4 is 29.6 Å². The third kappa shape index (κ3) is 3.75. The van der Waals surface area contributed by atoms with Crippen LogP contribution in [0.25, 0.3) is 0 Å². The molecule has 10 nitrogen and oxygen atoms in total. The summed E-state index contributed by atoms with van der Waals surface area (Å²) in [5, 5.41) is 10.6. The highest BCUT2D eigenvalue weighted by Crippen LogP contribution is 2.35. The van der Waals surface area contributed by atoms with Gasteiger partial charge in [-0.3, -0.25) is 19.3 Å². The summed E-state index contributed by atoms with van der Waals surface area (Å²) in [4.78, 5) is 52.9. The van der Waals surface area contributed by atoms with Crippen molar-refractivity contribution in [2.75, 3.05) is 11.9 Å². The first kappa shape index (κ1) is 23.4. The summed E-state index contributed by atoms with van der Waals surface area (Å²) in [6.45, 7) is 6.05. The van der Waals surface area contributed by atoms with Crippen LogP contribution in [0.1, 0.15) is 68.7 Å². The van der Waals surface area contributed by atoms with Crippen molar-refractivity contribution in [2.45, 2.75) is 39.4 Å². The number of hydrogen-bond donors (Lipinski definition) is 2. The normalized spacial score (nSPS) is 15.6. The molecule has 3 heterocycles. The Morgan fingerprint density at radius 3 is 2.36 bits per heavy atom. The number of rotatable bonds is 5. The van der Waals surface area contributed by atoms with Crippen LogP contribution in [0.3, 0.4) is 0 Å². The van der Waals surface area contributed by atoms with Crippen LogP contribution < -0.4 is 10.6 Å². The quantitative estimate of drug-likeness (QED) is 0.530. The Morgan fingerprint density at radius 2 is 1.69 bits per heavy atom. The van der Waals surface area contributed by atoms with Gasteiger partial charge in [-0.05, 0) is 44.5 Å². The number of fused-ring (bicyclic) bond motifs is 2. The number of hydrogen-bond acceptors (Lipinski definition) is 7. The monoisotopic (exact) mass is 487 g/mol. The number of carbonyl (C=O) groups is 4. The lowest BCUT2D eigenvalue weighted by molar-refractivity contribution is 0.0640. The largest absolute Gasteiger partial charge is 0.448 e. The van der Waals surface area contributed by atoms with E-state index in [-0.39, 0.29) is 24.5 Å². The maximum atomic E-state index is 13.5. The molecule has 0 fully saturated rings. The molecule has 5 rings (SSSR count). The first-order valence-corrected chi connectivity index (χ1v) is 11.6. The Balaban J connectivity index is 1.46. The third-order valence-corrected chi connectivity index (χ3v) is 6.42. The van der Waals surface area contributed by atoms with Gasteiger partial charge in [0.15, 0.2) is 0 Å². The predicted molar refractivity (Wildman–Crippen MR) is 130 cm³/mol. The lowest BCUT2D eigenvalue weighted by Crippen LogP contribution is -2.31. The minimum absolute atomic E-state index is 0.0697. The first-order valence-electron chi connectivity index (χ1n) is 11.6. The lowest BCUT2D eigenvalue weighted by Gasteiger charge is -2.18. The smallest absolute Gasteiger partial charge is 0.436 e. The van der Waals surface area contributed by atoms with Gasteiger partial charge in [-0.1, -0.05) is 30.3 Å². The lowest BCUT2D eigenvalue weighted by atomic mass is 10.0. The van der Waals surface area contributed by atoms with Gasteiger partial charge in [0.05, 0.1) is 35.5 Å². The van der Waals surface area contributed by atoms with E-state index < -0.39 is 29.4 Å². The highest BCUT2D eigenvalue weighted by molar-refractivity contribution is 6.21. The highest BCUT2D eigenvalue weighted by Gasteiger charge is 2.38. The van der Waals surface area contributed by atoms with Crippen molar-refractivity contribution < 1.29 is 23.9 Å². The van der Waals surface area contributed by atoms with Crippen LogP contribution in [0.5, 0.6) is 0 Å². The number of anilines is 1. The molecule has 3 aromatic rings. The maximum Gasteiger partial charge on any atom is 0.436 e. The van der Waals surface area contributed by atoms with E-state index in [1.807, 2.05) is 13.8 Å². The molecule has 184 valence electrons. The molecule has 0 bridgehead atoms. The van der Waals surface area contributed by atoms with Gasteiger partial charge < -0.3 is 15.4 Å². The van der Waals surface area contributed by atoms with Gasteiger partial charge in [0.2, 0.25) is 0 Å². The molecule has 0 saturated heterocycles. The van der Waals surface area contributed by atoms with E-state index in [0.29, 0.717) is 34.5 Å².